The van der Waals surface area contributed by atoms with Gasteiger partial charge < -0.3 is 24.6 Å². The normalized spacial score (nSPS) is 11.6. The Bertz CT molecular complexity index is 946. The summed E-state index contributed by atoms with van der Waals surface area (Å²) in [5.74, 6) is 1.05. The smallest absolute Gasteiger partial charge is 0.232 e. The van der Waals surface area contributed by atoms with Crippen LogP contribution in [0.1, 0.15) is 24.2 Å². The molecule has 3 aromatic rings. The Morgan fingerprint density at radius 2 is 1.97 bits per heavy atom. The van der Waals surface area contributed by atoms with Gasteiger partial charge in [0.25, 0.3) is 0 Å². The fourth-order valence-corrected chi connectivity index (χ4v) is 2.92. The van der Waals surface area contributed by atoms with Crippen LogP contribution in [0.25, 0.3) is 0 Å². The van der Waals surface area contributed by atoms with Crippen LogP contribution in [-0.4, -0.2) is 42.3 Å². The van der Waals surface area contributed by atoms with Crippen LogP contribution in [0.5, 0.6) is 17.2 Å². The first-order chi connectivity index (χ1) is 14.2. The van der Waals surface area contributed by atoms with E-state index < -0.39 is 5.92 Å². The summed E-state index contributed by atoms with van der Waals surface area (Å²) < 4.78 is 16.3. The monoisotopic (exact) mass is 396 g/mol. The van der Waals surface area contributed by atoms with Gasteiger partial charge in [-0.15, -0.1) is 0 Å². The van der Waals surface area contributed by atoms with Gasteiger partial charge in [-0.1, -0.05) is 12.1 Å². The molecule has 0 aliphatic rings. The molecule has 1 amide bonds. The van der Waals surface area contributed by atoms with Crippen molar-refractivity contribution in [2.45, 2.75) is 19.3 Å². The average Bonchev–Trinajstić information content (AvgIpc) is 3.27. The molecular formula is C20H22N5O4-. The minimum atomic E-state index is -0.735. The topological polar surface area (TPSA) is 110 Å². The first kappa shape index (κ1) is 20.1. The summed E-state index contributed by atoms with van der Waals surface area (Å²) in [6.45, 7) is 2.36. The summed E-state index contributed by atoms with van der Waals surface area (Å²) in [4.78, 5) is 13.2. The maximum absolute atomic E-state index is 13.2. The van der Waals surface area contributed by atoms with E-state index in [1.807, 2.05) is 25.1 Å². The minimum absolute atomic E-state index is 0.223. The highest BCUT2D eigenvalue weighted by molar-refractivity contribution is 5.96. The van der Waals surface area contributed by atoms with Crippen molar-refractivity contribution >= 4 is 11.6 Å². The molecule has 0 unspecified atom stereocenters. The van der Waals surface area contributed by atoms with Crippen molar-refractivity contribution in [2.24, 2.45) is 0 Å². The highest BCUT2D eigenvalue weighted by Crippen LogP contribution is 2.30. The number of aromatic nitrogens is 4. The fraction of sp³-hybridized carbons (Fsp3) is 0.300. The van der Waals surface area contributed by atoms with E-state index in [-0.39, 0.29) is 18.2 Å². The number of carbonyl (C=O) groups is 1. The number of amides is 1. The molecule has 0 fully saturated rings. The van der Waals surface area contributed by atoms with Crippen molar-refractivity contribution in [1.29, 1.82) is 0 Å². The maximum Gasteiger partial charge on any atom is 0.232 e. The summed E-state index contributed by atoms with van der Waals surface area (Å²) in [7, 11) is 3.15. The van der Waals surface area contributed by atoms with Gasteiger partial charge in [0.15, 0.2) is 0 Å². The van der Waals surface area contributed by atoms with Gasteiger partial charge in [0.2, 0.25) is 5.91 Å². The van der Waals surface area contributed by atoms with Gasteiger partial charge in [-0.3, -0.25) is 15.1 Å². The van der Waals surface area contributed by atoms with Crippen molar-refractivity contribution in [2.75, 3.05) is 26.1 Å². The van der Waals surface area contributed by atoms with Crippen molar-refractivity contribution in [3.63, 3.8) is 0 Å². The number of nitrogens with zero attached hydrogens (tertiary/aromatic N) is 4. The van der Waals surface area contributed by atoms with Crippen LogP contribution >= 0.6 is 0 Å². The second kappa shape index (κ2) is 9.54. The molecular weight excluding hydrogens is 374 g/mol. The first-order valence-electron chi connectivity index (χ1n) is 9.08. The lowest BCUT2D eigenvalue weighted by Crippen LogP contribution is -2.25. The molecule has 0 aliphatic heterocycles. The number of anilines is 1. The Kier molecular flexibility index (Phi) is 6.62. The van der Waals surface area contributed by atoms with E-state index in [2.05, 4.69) is 25.9 Å². The number of hydrogen-bond acceptors (Lipinski definition) is 7. The lowest BCUT2D eigenvalue weighted by atomic mass is 9.96. The Morgan fingerprint density at radius 1 is 1.14 bits per heavy atom. The minimum Gasteiger partial charge on any atom is -0.497 e. The molecule has 29 heavy (non-hydrogen) atoms. The molecule has 0 bridgehead atoms. The zero-order valence-corrected chi connectivity index (χ0v) is 16.5. The molecule has 2 aromatic carbocycles. The van der Waals surface area contributed by atoms with Crippen LogP contribution in [-0.2, 0) is 11.2 Å². The van der Waals surface area contributed by atoms with Crippen LogP contribution < -0.4 is 24.6 Å². The average molecular weight is 396 g/mol. The number of tetrazole rings is 1. The van der Waals surface area contributed by atoms with E-state index in [0.29, 0.717) is 29.5 Å². The molecule has 0 spiro atoms. The molecule has 0 saturated carbocycles. The van der Waals surface area contributed by atoms with Gasteiger partial charge in [-0.25, -0.2) is 0 Å². The number of ether oxygens (including phenoxy) is 3. The van der Waals surface area contributed by atoms with E-state index in [9.17, 15) is 4.79 Å². The van der Waals surface area contributed by atoms with Gasteiger partial charge in [0.05, 0.1) is 32.4 Å². The van der Waals surface area contributed by atoms with E-state index in [1.165, 1.54) is 0 Å². The SMILES string of the molecule is CCOc1ccccc1NC(=O)[C@@H](Cc1cc(OC)ccc1OC)c1nnn[n-]1. The molecule has 9 nitrogen and oxygen atoms in total. The third kappa shape index (κ3) is 4.81. The molecule has 1 heterocycles. The summed E-state index contributed by atoms with van der Waals surface area (Å²) >= 11 is 0. The number of nitrogens with one attached hydrogen (secondary N) is 1. The predicted molar refractivity (Wildman–Crippen MR) is 105 cm³/mol. The van der Waals surface area contributed by atoms with Crippen molar-refractivity contribution in [3.8, 4) is 17.2 Å². The Morgan fingerprint density at radius 3 is 2.66 bits per heavy atom. The van der Waals surface area contributed by atoms with E-state index >= 15 is 0 Å². The molecule has 0 radical (unpaired) electrons. The number of methoxy groups -OCH3 is 2. The lowest BCUT2D eigenvalue weighted by Gasteiger charge is -2.20. The molecule has 1 atom stereocenters. The number of carbonyl (C=O) groups excluding carboxylic acids is 1. The summed E-state index contributed by atoms with van der Waals surface area (Å²) in [6.07, 6.45) is 0.274. The van der Waals surface area contributed by atoms with Gasteiger partial charge in [0.1, 0.15) is 17.2 Å². The van der Waals surface area contributed by atoms with E-state index in [0.717, 1.165) is 5.56 Å². The first-order valence-corrected chi connectivity index (χ1v) is 9.08. The zero-order valence-electron chi connectivity index (χ0n) is 16.5. The highest BCUT2D eigenvalue weighted by Gasteiger charge is 2.24. The Balaban J connectivity index is 1.90. The molecule has 3 rings (SSSR count). The van der Waals surface area contributed by atoms with Gasteiger partial charge in [-0.05, 0) is 49.2 Å². The van der Waals surface area contributed by atoms with Crippen LogP contribution in [0.2, 0.25) is 0 Å². The maximum atomic E-state index is 13.2. The molecule has 9 heteroatoms. The van der Waals surface area contributed by atoms with Crippen LogP contribution in [0, 0.1) is 0 Å². The van der Waals surface area contributed by atoms with E-state index in [4.69, 9.17) is 14.2 Å². The zero-order chi connectivity index (χ0) is 20.6. The molecule has 0 saturated heterocycles. The molecule has 152 valence electrons. The Hall–Kier alpha value is -3.62. The van der Waals surface area contributed by atoms with Gasteiger partial charge in [0, 0.05) is 5.82 Å². The standard InChI is InChI=1S/C20H23N5O4/c1-4-29-18-8-6-5-7-16(18)21-20(26)15(19-22-24-25-23-19)12-13-11-14(27-2)9-10-17(13)28-3/h5-11,15H,4,12H2,1-3H3,(H2,21,22,23,24,25,26)/p-1/t15-/m0/s1. The quantitative estimate of drug-likeness (QED) is 0.586. The van der Waals surface area contributed by atoms with Crippen LogP contribution in [0.15, 0.2) is 42.5 Å². The van der Waals surface area contributed by atoms with Crippen molar-refractivity contribution < 1.29 is 19.0 Å². The van der Waals surface area contributed by atoms with E-state index in [1.54, 1.807) is 38.5 Å². The third-order valence-corrected chi connectivity index (χ3v) is 4.32. The largest absolute Gasteiger partial charge is 0.497 e. The molecule has 1 aromatic heterocycles. The summed E-state index contributed by atoms with van der Waals surface area (Å²) in [5.41, 5.74) is 1.34. The Labute approximate surface area is 168 Å². The van der Waals surface area contributed by atoms with Crippen molar-refractivity contribution in [1.82, 2.24) is 20.6 Å². The molecule has 1 N–H and O–H groups in total. The summed E-state index contributed by atoms with van der Waals surface area (Å²) in [5, 5.41) is 17.7. The number of para-hydroxylation sites is 2. The predicted octanol–water partition coefficient (Wildman–Crippen LogP) is 2.21. The third-order valence-electron chi connectivity index (χ3n) is 4.32. The second-order valence-corrected chi connectivity index (χ2v) is 6.09. The second-order valence-electron chi connectivity index (χ2n) is 6.09. The summed E-state index contributed by atoms with van der Waals surface area (Å²) in [6, 6.07) is 12.6. The lowest BCUT2D eigenvalue weighted by molar-refractivity contribution is -0.117. The number of benzene rings is 2. The van der Waals surface area contributed by atoms with Crippen LogP contribution in [0.3, 0.4) is 0 Å². The number of hydrogen-bond donors (Lipinski definition) is 1. The molecule has 0 aliphatic carbocycles. The van der Waals surface area contributed by atoms with Crippen LogP contribution in [0.4, 0.5) is 5.69 Å². The fourth-order valence-electron chi connectivity index (χ4n) is 2.92. The highest BCUT2D eigenvalue weighted by atomic mass is 16.5. The van der Waals surface area contributed by atoms with Gasteiger partial charge >= 0.3 is 0 Å². The van der Waals surface area contributed by atoms with Gasteiger partial charge in [-0.2, -0.15) is 5.21 Å². The number of rotatable bonds is 9. The van der Waals surface area contributed by atoms with Crippen molar-refractivity contribution in [3.05, 3.63) is 53.9 Å².